The molecule has 0 heterocycles. The number of amides is 1. The number of carbonyl (C=O) groups excluding carboxylic acids is 2. The van der Waals surface area contributed by atoms with Crippen LogP contribution in [0.2, 0.25) is 0 Å². The van der Waals surface area contributed by atoms with Crippen LogP contribution in [-0.2, 0) is 14.8 Å². The molecule has 0 unspecified atom stereocenters. The number of carbonyl (C=O) groups is 2. The van der Waals surface area contributed by atoms with Crippen LogP contribution in [0.3, 0.4) is 0 Å². The number of esters is 1. The van der Waals surface area contributed by atoms with Gasteiger partial charge in [-0.1, -0.05) is 30.3 Å². The summed E-state index contributed by atoms with van der Waals surface area (Å²) in [4.78, 5) is 24.8. The van der Waals surface area contributed by atoms with Crippen molar-refractivity contribution in [3.05, 3.63) is 88.5 Å². The highest BCUT2D eigenvalue weighted by atomic mass is 32.2. The van der Waals surface area contributed by atoms with E-state index in [4.69, 9.17) is 4.74 Å². The van der Waals surface area contributed by atoms with Gasteiger partial charge in [-0.3, -0.25) is 9.52 Å². The Kier molecular flexibility index (Phi) is 6.64. The van der Waals surface area contributed by atoms with E-state index in [1.165, 1.54) is 13.2 Å². The van der Waals surface area contributed by atoms with Crippen LogP contribution in [0.15, 0.2) is 65.6 Å². The van der Waals surface area contributed by atoms with Gasteiger partial charge in [-0.15, -0.1) is 0 Å². The molecule has 0 spiro atoms. The monoisotopic (exact) mass is 452 g/mol. The molecule has 0 saturated heterocycles. The predicted octanol–water partition coefficient (Wildman–Crippen LogP) is 4.45. The Bertz CT molecular complexity index is 1300. The third-order valence-electron chi connectivity index (χ3n) is 5.12. The summed E-state index contributed by atoms with van der Waals surface area (Å²) >= 11 is 0. The number of aryl methyl sites for hydroxylation is 2. The van der Waals surface area contributed by atoms with Gasteiger partial charge in [0, 0.05) is 11.3 Å². The van der Waals surface area contributed by atoms with Crippen molar-refractivity contribution >= 4 is 33.3 Å². The molecule has 1 amide bonds. The van der Waals surface area contributed by atoms with Crippen LogP contribution in [-0.4, -0.2) is 27.4 Å². The van der Waals surface area contributed by atoms with E-state index >= 15 is 0 Å². The summed E-state index contributed by atoms with van der Waals surface area (Å²) < 4.78 is 33.4. The zero-order valence-electron chi connectivity index (χ0n) is 18.2. The number of hydrogen-bond acceptors (Lipinski definition) is 5. The Hall–Kier alpha value is -3.65. The summed E-state index contributed by atoms with van der Waals surface area (Å²) in [6.07, 6.45) is 0. The number of anilines is 2. The summed E-state index contributed by atoms with van der Waals surface area (Å²) in [6.45, 7) is 5.16. The highest BCUT2D eigenvalue weighted by molar-refractivity contribution is 7.92. The third-order valence-corrected chi connectivity index (χ3v) is 6.62. The van der Waals surface area contributed by atoms with E-state index in [9.17, 15) is 18.0 Å². The smallest absolute Gasteiger partial charge is 0.338 e. The van der Waals surface area contributed by atoms with Crippen LogP contribution < -0.4 is 10.0 Å². The Morgan fingerprint density at radius 3 is 2.22 bits per heavy atom. The minimum atomic E-state index is -3.92. The molecule has 2 N–H and O–H groups in total. The molecular formula is C24H24N2O5S. The van der Waals surface area contributed by atoms with Gasteiger partial charge in [0.25, 0.3) is 15.9 Å². The lowest BCUT2D eigenvalue weighted by molar-refractivity contribution is 0.0599. The molecule has 0 bridgehead atoms. The molecular weight excluding hydrogens is 428 g/mol. The van der Waals surface area contributed by atoms with Gasteiger partial charge in [0.2, 0.25) is 0 Å². The van der Waals surface area contributed by atoms with Gasteiger partial charge in [0.05, 0.1) is 23.3 Å². The van der Waals surface area contributed by atoms with Gasteiger partial charge in [-0.2, -0.15) is 0 Å². The Balaban J connectivity index is 1.91. The fraction of sp³-hybridized carbons (Fsp3) is 0.167. The molecule has 0 atom stereocenters. The number of para-hydroxylation sites is 1. The molecule has 3 rings (SSSR count). The molecule has 7 nitrogen and oxygen atoms in total. The first-order valence-corrected chi connectivity index (χ1v) is 11.3. The third kappa shape index (κ3) is 4.81. The molecule has 0 radical (unpaired) electrons. The molecule has 0 saturated carbocycles. The second kappa shape index (κ2) is 9.23. The minimum absolute atomic E-state index is 0.00781. The van der Waals surface area contributed by atoms with Gasteiger partial charge in [0.15, 0.2) is 0 Å². The highest BCUT2D eigenvalue weighted by Gasteiger charge is 2.21. The SMILES string of the molecule is COC(=O)c1cccc(NC(=O)c2ccc(C)c(S(=O)(=O)Nc3ccccc3C)c2)c1C. The zero-order valence-corrected chi connectivity index (χ0v) is 19.0. The second-order valence-electron chi connectivity index (χ2n) is 7.32. The molecule has 0 fully saturated rings. The van der Waals surface area contributed by atoms with Crippen LogP contribution >= 0.6 is 0 Å². The maximum atomic E-state index is 13.0. The van der Waals surface area contributed by atoms with Crippen molar-refractivity contribution in [2.45, 2.75) is 25.7 Å². The number of sulfonamides is 1. The Morgan fingerprint density at radius 2 is 1.53 bits per heavy atom. The number of nitrogens with one attached hydrogen (secondary N) is 2. The van der Waals surface area contributed by atoms with Crippen LogP contribution in [0.1, 0.15) is 37.4 Å². The summed E-state index contributed by atoms with van der Waals surface area (Å²) in [5.41, 5.74) is 3.24. The zero-order chi connectivity index (χ0) is 23.5. The van der Waals surface area contributed by atoms with E-state index in [1.54, 1.807) is 69.3 Å². The maximum Gasteiger partial charge on any atom is 0.338 e. The topological polar surface area (TPSA) is 102 Å². The van der Waals surface area contributed by atoms with E-state index in [1.807, 2.05) is 6.07 Å². The molecule has 0 aliphatic heterocycles. The second-order valence-corrected chi connectivity index (χ2v) is 8.98. The van der Waals surface area contributed by atoms with Crippen LogP contribution in [0.25, 0.3) is 0 Å². The summed E-state index contributed by atoms with van der Waals surface area (Å²) in [6, 6.07) is 16.4. The fourth-order valence-corrected chi connectivity index (χ4v) is 4.62. The summed E-state index contributed by atoms with van der Waals surface area (Å²) in [5, 5.41) is 2.74. The largest absolute Gasteiger partial charge is 0.465 e. The van der Waals surface area contributed by atoms with Gasteiger partial charge in [-0.05, 0) is 67.8 Å². The van der Waals surface area contributed by atoms with Crippen molar-refractivity contribution < 1.29 is 22.7 Å². The molecule has 3 aromatic rings. The summed E-state index contributed by atoms with van der Waals surface area (Å²) in [5.74, 6) is -1.01. The van der Waals surface area contributed by atoms with Crippen LogP contribution in [0.5, 0.6) is 0 Å². The molecule has 3 aromatic carbocycles. The number of methoxy groups -OCH3 is 1. The molecule has 0 aliphatic carbocycles. The van der Waals surface area contributed by atoms with E-state index in [2.05, 4.69) is 10.0 Å². The lowest BCUT2D eigenvalue weighted by Gasteiger charge is -2.14. The van der Waals surface area contributed by atoms with E-state index in [-0.39, 0.29) is 10.5 Å². The first-order chi connectivity index (χ1) is 15.1. The van der Waals surface area contributed by atoms with Crippen molar-refractivity contribution in [1.29, 1.82) is 0 Å². The first kappa shape index (κ1) is 23.0. The van der Waals surface area contributed by atoms with Gasteiger partial charge in [0.1, 0.15) is 0 Å². The van der Waals surface area contributed by atoms with Crippen molar-refractivity contribution in [3.8, 4) is 0 Å². The number of benzene rings is 3. The number of ether oxygens (including phenoxy) is 1. The molecule has 0 aromatic heterocycles. The fourth-order valence-electron chi connectivity index (χ4n) is 3.21. The van der Waals surface area contributed by atoms with Crippen molar-refractivity contribution in [2.75, 3.05) is 17.1 Å². The van der Waals surface area contributed by atoms with Crippen molar-refractivity contribution in [2.24, 2.45) is 0 Å². The lowest BCUT2D eigenvalue weighted by Crippen LogP contribution is -2.18. The van der Waals surface area contributed by atoms with E-state index in [0.717, 1.165) is 5.56 Å². The molecule has 8 heteroatoms. The summed E-state index contributed by atoms with van der Waals surface area (Å²) in [7, 11) is -2.63. The first-order valence-electron chi connectivity index (χ1n) is 9.82. The Morgan fingerprint density at radius 1 is 0.844 bits per heavy atom. The average Bonchev–Trinajstić information content (AvgIpc) is 2.76. The maximum absolute atomic E-state index is 13.0. The lowest BCUT2D eigenvalue weighted by atomic mass is 10.1. The molecule has 0 aliphatic rings. The average molecular weight is 453 g/mol. The van der Waals surface area contributed by atoms with Gasteiger partial charge < -0.3 is 10.1 Å². The number of rotatable bonds is 6. The molecule has 32 heavy (non-hydrogen) atoms. The number of hydrogen-bond donors (Lipinski definition) is 2. The van der Waals surface area contributed by atoms with Crippen molar-refractivity contribution in [3.63, 3.8) is 0 Å². The standard InChI is InChI=1S/C24H24N2O5S/c1-15-8-5-6-10-20(15)26-32(29,30)22-14-18(13-12-16(22)2)23(27)25-21-11-7-9-19(17(21)3)24(28)31-4/h5-14,26H,1-4H3,(H,25,27). The van der Waals surface area contributed by atoms with Gasteiger partial charge in [-0.25, -0.2) is 13.2 Å². The van der Waals surface area contributed by atoms with Crippen molar-refractivity contribution in [1.82, 2.24) is 0 Å². The van der Waals surface area contributed by atoms with E-state index < -0.39 is 21.9 Å². The molecule has 166 valence electrons. The minimum Gasteiger partial charge on any atom is -0.465 e. The van der Waals surface area contributed by atoms with Gasteiger partial charge >= 0.3 is 5.97 Å². The predicted molar refractivity (Wildman–Crippen MR) is 124 cm³/mol. The Labute approximate surface area is 187 Å². The quantitative estimate of drug-likeness (QED) is 0.538. The normalized spacial score (nSPS) is 11.0. The van der Waals surface area contributed by atoms with E-state index in [0.29, 0.717) is 28.1 Å². The highest BCUT2D eigenvalue weighted by Crippen LogP contribution is 2.24. The van der Waals surface area contributed by atoms with Crippen LogP contribution in [0, 0.1) is 20.8 Å². The van der Waals surface area contributed by atoms with Crippen LogP contribution in [0.4, 0.5) is 11.4 Å².